The van der Waals surface area contributed by atoms with Crippen molar-refractivity contribution in [2.45, 2.75) is 33.0 Å². The third-order valence-electron chi connectivity index (χ3n) is 6.11. The molecule has 0 aromatic heterocycles. The van der Waals surface area contributed by atoms with Crippen molar-refractivity contribution in [3.63, 3.8) is 0 Å². The van der Waals surface area contributed by atoms with Crippen LogP contribution >= 0.6 is 0 Å². The van der Waals surface area contributed by atoms with Crippen LogP contribution in [0.1, 0.15) is 23.6 Å². The Morgan fingerprint density at radius 1 is 1.09 bits per heavy atom. The van der Waals surface area contributed by atoms with Crippen molar-refractivity contribution in [2.24, 2.45) is 0 Å². The second kappa shape index (κ2) is 11.1. The van der Waals surface area contributed by atoms with Gasteiger partial charge < -0.3 is 20.3 Å². The van der Waals surface area contributed by atoms with E-state index in [0.29, 0.717) is 32.0 Å². The van der Waals surface area contributed by atoms with Crippen LogP contribution in [-0.4, -0.2) is 62.7 Å². The molecule has 2 aromatic carbocycles. The van der Waals surface area contributed by atoms with Gasteiger partial charge in [-0.3, -0.25) is 14.5 Å². The molecule has 1 heterocycles. The highest BCUT2D eigenvalue weighted by molar-refractivity contribution is 5.99. The maximum absolute atomic E-state index is 13.3. The number of nitrogens with zero attached hydrogens (tertiary/aromatic N) is 2. The average Bonchev–Trinajstić information content (AvgIpc) is 2.81. The third kappa shape index (κ3) is 6.73. The van der Waals surface area contributed by atoms with E-state index in [1.165, 1.54) is 6.07 Å². The van der Waals surface area contributed by atoms with E-state index < -0.39 is 23.7 Å². The van der Waals surface area contributed by atoms with Crippen molar-refractivity contribution >= 4 is 28.9 Å². The monoisotopic (exact) mass is 492 g/mol. The lowest BCUT2D eigenvalue weighted by Crippen LogP contribution is -2.43. The van der Waals surface area contributed by atoms with Crippen LogP contribution in [0.15, 0.2) is 36.4 Å². The third-order valence-corrected chi connectivity index (χ3v) is 6.11. The largest absolute Gasteiger partial charge is 0.416 e. The van der Waals surface area contributed by atoms with Crippen LogP contribution in [-0.2, 0) is 20.5 Å². The molecule has 10 heteroatoms. The van der Waals surface area contributed by atoms with Crippen LogP contribution < -0.4 is 15.5 Å². The molecule has 1 fully saturated rings. The molecule has 2 aromatic rings. The van der Waals surface area contributed by atoms with Crippen molar-refractivity contribution in [3.8, 4) is 0 Å². The Bertz CT molecular complexity index is 1050. The SMILES string of the molecule is Cc1cccc(C)c1NC(=O)CN(C)[C@@H](C)C(=O)Nc1cc(C(F)(F)F)ccc1N1CCOCC1. The zero-order valence-electron chi connectivity index (χ0n) is 20.3. The first-order chi connectivity index (χ1) is 16.5. The number of alkyl halides is 3. The minimum atomic E-state index is -4.54. The molecule has 0 spiro atoms. The highest BCUT2D eigenvalue weighted by atomic mass is 19.4. The van der Waals surface area contributed by atoms with Gasteiger partial charge in [0.15, 0.2) is 0 Å². The van der Waals surface area contributed by atoms with Crippen LogP contribution in [0.2, 0.25) is 0 Å². The molecule has 1 aliphatic rings. The van der Waals surface area contributed by atoms with Crippen LogP contribution in [0, 0.1) is 13.8 Å². The Labute approximate surface area is 203 Å². The summed E-state index contributed by atoms with van der Waals surface area (Å²) in [6.07, 6.45) is -4.54. The van der Waals surface area contributed by atoms with E-state index >= 15 is 0 Å². The summed E-state index contributed by atoms with van der Waals surface area (Å²) >= 11 is 0. The second-order valence-electron chi connectivity index (χ2n) is 8.72. The fourth-order valence-electron chi connectivity index (χ4n) is 3.88. The molecule has 0 saturated carbocycles. The predicted octanol–water partition coefficient (Wildman–Crippen LogP) is 4.06. The molecule has 1 aliphatic heterocycles. The highest BCUT2D eigenvalue weighted by Crippen LogP contribution is 2.36. The second-order valence-corrected chi connectivity index (χ2v) is 8.72. The van der Waals surface area contributed by atoms with Gasteiger partial charge in [0.05, 0.1) is 42.7 Å². The van der Waals surface area contributed by atoms with E-state index in [1.54, 1.807) is 18.9 Å². The van der Waals surface area contributed by atoms with Gasteiger partial charge in [0.2, 0.25) is 11.8 Å². The van der Waals surface area contributed by atoms with E-state index in [-0.39, 0.29) is 18.1 Å². The van der Waals surface area contributed by atoms with E-state index in [2.05, 4.69) is 10.6 Å². The predicted molar refractivity (Wildman–Crippen MR) is 130 cm³/mol. The smallest absolute Gasteiger partial charge is 0.378 e. The number of carbonyl (C=O) groups is 2. The first-order valence-electron chi connectivity index (χ1n) is 11.4. The standard InChI is InChI=1S/C25H31F3N4O3/c1-16-6-5-7-17(2)23(16)30-22(33)15-31(4)18(3)24(34)29-20-14-19(25(26,27)28)8-9-21(20)32-10-12-35-13-11-32/h5-9,14,18H,10-13,15H2,1-4H3,(H,29,34)(H,30,33)/t18-/m0/s1. The maximum atomic E-state index is 13.3. The average molecular weight is 493 g/mol. The number of halogens is 3. The van der Waals surface area contributed by atoms with Gasteiger partial charge in [0.25, 0.3) is 0 Å². The number of hydrogen-bond donors (Lipinski definition) is 2. The van der Waals surface area contributed by atoms with Crippen molar-refractivity contribution in [3.05, 3.63) is 53.1 Å². The zero-order chi connectivity index (χ0) is 25.8. The van der Waals surface area contributed by atoms with Gasteiger partial charge >= 0.3 is 6.18 Å². The van der Waals surface area contributed by atoms with Gasteiger partial charge in [0.1, 0.15) is 0 Å². The molecule has 1 atom stereocenters. The van der Waals surface area contributed by atoms with Gasteiger partial charge in [-0.1, -0.05) is 18.2 Å². The van der Waals surface area contributed by atoms with Crippen molar-refractivity contribution in [2.75, 3.05) is 55.4 Å². The zero-order valence-corrected chi connectivity index (χ0v) is 20.3. The summed E-state index contributed by atoms with van der Waals surface area (Å²) in [6, 6.07) is 8.24. The van der Waals surface area contributed by atoms with Crippen molar-refractivity contribution in [1.82, 2.24) is 4.90 Å². The number of amides is 2. The molecular weight excluding hydrogens is 461 g/mol. The van der Waals surface area contributed by atoms with Gasteiger partial charge in [-0.15, -0.1) is 0 Å². The summed E-state index contributed by atoms with van der Waals surface area (Å²) in [7, 11) is 1.61. The fraction of sp³-hybridized carbons (Fsp3) is 0.440. The molecular formula is C25H31F3N4O3. The van der Waals surface area contributed by atoms with Gasteiger partial charge in [0, 0.05) is 18.8 Å². The van der Waals surface area contributed by atoms with E-state index in [9.17, 15) is 22.8 Å². The number of aryl methyl sites for hydroxylation is 2. The van der Waals surface area contributed by atoms with Gasteiger partial charge in [-0.25, -0.2) is 0 Å². The molecule has 1 saturated heterocycles. The topological polar surface area (TPSA) is 73.9 Å². The summed E-state index contributed by atoms with van der Waals surface area (Å²) in [5.74, 6) is -0.807. The Morgan fingerprint density at radius 2 is 1.71 bits per heavy atom. The van der Waals surface area contributed by atoms with Crippen LogP contribution in [0.25, 0.3) is 0 Å². The van der Waals surface area contributed by atoms with E-state index in [4.69, 9.17) is 4.74 Å². The number of morpholine rings is 1. The molecule has 3 rings (SSSR count). The van der Waals surface area contributed by atoms with E-state index in [0.717, 1.165) is 28.9 Å². The molecule has 0 unspecified atom stereocenters. The number of benzene rings is 2. The van der Waals surface area contributed by atoms with Gasteiger partial charge in [-0.05, 0) is 57.1 Å². The highest BCUT2D eigenvalue weighted by Gasteiger charge is 2.32. The van der Waals surface area contributed by atoms with Crippen molar-refractivity contribution < 1.29 is 27.5 Å². The minimum Gasteiger partial charge on any atom is -0.378 e. The lowest BCUT2D eigenvalue weighted by atomic mass is 10.1. The summed E-state index contributed by atoms with van der Waals surface area (Å²) in [5, 5.41) is 5.52. The lowest BCUT2D eigenvalue weighted by Gasteiger charge is -2.31. The Morgan fingerprint density at radius 3 is 2.31 bits per heavy atom. The first kappa shape index (κ1) is 26.5. The number of carbonyl (C=O) groups excluding carboxylic acids is 2. The van der Waals surface area contributed by atoms with Gasteiger partial charge in [-0.2, -0.15) is 13.2 Å². The maximum Gasteiger partial charge on any atom is 0.416 e. The molecule has 2 N–H and O–H groups in total. The Kier molecular flexibility index (Phi) is 8.39. The number of likely N-dealkylation sites (N-methyl/N-ethyl adjacent to an activating group) is 1. The molecule has 0 aliphatic carbocycles. The molecule has 7 nitrogen and oxygen atoms in total. The molecule has 35 heavy (non-hydrogen) atoms. The molecule has 0 bridgehead atoms. The van der Waals surface area contributed by atoms with Crippen LogP contribution in [0.3, 0.4) is 0 Å². The number of anilines is 3. The van der Waals surface area contributed by atoms with Crippen LogP contribution in [0.4, 0.5) is 30.2 Å². The summed E-state index contributed by atoms with van der Waals surface area (Å²) in [4.78, 5) is 29.0. The molecule has 2 amide bonds. The minimum absolute atomic E-state index is 0.0682. The van der Waals surface area contributed by atoms with Crippen LogP contribution in [0.5, 0.6) is 0 Å². The first-order valence-corrected chi connectivity index (χ1v) is 11.4. The summed E-state index contributed by atoms with van der Waals surface area (Å²) in [6.45, 7) is 7.22. The fourth-order valence-corrected chi connectivity index (χ4v) is 3.88. The number of rotatable bonds is 7. The number of hydrogen-bond acceptors (Lipinski definition) is 5. The number of nitrogens with one attached hydrogen (secondary N) is 2. The summed E-state index contributed by atoms with van der Waals surface area (Å²) in [5.41, 5.74) is 2.30. The number of ether oxygens (including phenoxy) is 1. The molecule has 190 valence electrons. The van der Waals surface area contributed by atoms with Crippen molar-refractivity contribution in [1.29, 1.82) is 0 Å². The van der Waals surface area contributed by atoms with E-state index in [1.807, 2.05) is 36.9 Å². The Balaban J connectivity index is 1.72. The normalized spacial score (nSPS) is 15.1. The number of para-hydroxylation sites is 1. The quantitative estimate of drug-likeness (QED) is 0.610. The Hall–Kier alpha value is -3.11. The summed E-state index contributed by atoms with van der Waals surface area (Å²) < 4.78 is 45.4. The lowest BCUT2D eigenvalue weighted by molar-refractivity contribution is -0.137. The molecule has 0 radical (unpaired) electrons.